The Balaban J connectivity index is 1.52. The van der Waals surface area contributed by atoms with Crippen molar-refractivity contribution in [3.05, 3.63) is 65.7 Å². The fourth-order valence-corrected chi connectivity index (χ4v) is 3.60. The van der Waals surface area contributed by atoms with E-state index in [0.717, 1.165) is 38.1 Å². The third-order valence-corrected chi connectivity index (χ3v) is 5.24. The molecule has 1 aliphatic heterocycles. The molecule has 1 aliphatic rings. The van der Waals surface area contributed by atoms with Crippen LogP contribution in [-0.2, 0) is 11.2 Å². The van der Waals surface area contributed by atoms with Gasteiger partial charge in [0.15, 0.2) is 6.10 Å². The van der Waals surface area contributed by atoms with Gasteiger partial charge in [0, 0.05) is 13.1 Å². The zero-order valence-electron chi connectivity index (χ0n) is 15.9. The van der Waals surface area contributed by atoms with Crippen molar-refractivity contribution in [3.8, 4) is 5.75 Å². The number of hydrogen-bond donors (Lipinski definition) is 0. The minimum absolute atomic E-state index is 0.131. The molecule has 0 bridgehead atoms. The summed E-state index contributed by atoms with van der Waals surface area (Å²) >= 11 is 0. The SMILES string of the molecule is CC[C@H](Oc1ccc(C)cc1)C(=O)N1CCC(Cc2ccccc2)CC1. The molecule has 0 aromatic heterocycles. The summed E-state index contributed by atoms with van der Waals surface area (Å²) in [5, 5.41) is 0. The Labute approximate surface area is 157 Å². The van der Waals surface area contributed by atoms with Crippen molar-refractivity contribution in [2.75, 3.05) is 13.1 Å². The van der Waals surface area contributed by atoms with Crippen molar-refractivity contribution in [3.63, 3.8) is 0 Å². The van der Waals surface area contributed by atoms with Crippen LogP contribution in [0.15, 0.2) is 54.6 Å². The fourth-order valence-electron chi connectivity index (χ4n) is 3.60. The molecule has 0 spiro atoms. The van der Waals surface area contributed by atoms with Gasteiger partial charge in [-0.15, -0.1) is 0 Å². The number of aryl methyl sites for hydroxylation is 1. The molecule has 3 heteroatoms. The van der Waals surface area contributed by atoms with Crippen molar-refractivity contribution >= 4 is 5.91 Å². The van der Waals surface area contributed by atoms with E-state index in [2.05, 4.69) is 30.3 Å². The van der Waals surface area contributed by atoms with Crippen LogP contribution in [0.1, 0.15) is 37.3 Å². The van der Waals surface area contributed by atoms with Crippen molar-refractivity contribution in [1.82, 2.24) is 4.90 Å². The number of hydrogen-bond acceptors (Lipinski definition) is 2. The lowest BCUT2D eigenvalue weighted by molar-refractivity contribution is -0.140. The second-order valence-corrected chi connectivity index (χ2v) is 7.29. The van der Waals surface area contributed by atoms with E-state index in [1.54, 1.807) is 0 Å². The lowest BCUT2D eigenvalue weighted by Gasteiger charge is -2.34. The van der Waals surface area contributed by atoms with Crippen LogP contribution < -0.4 is 4.74 Å². The second kappa shape index (κ2) is 8.88. The third kappa shape index (κ3) is 4.87. The van der Waals surface area contributed by atoms with E-state index in [1.165, 1.54) is 11.1 Å². The molecule has 3 nitrogen and oxygen atoms in total. The van der Waals surface area contributed by atoms with Crippen molar-refractivity contribution in [2.45, 2.75) is 45.6 Å². The van der Waals surface area contributed by atoms with Gasteiger partial charge in [0.05, 0.1) is 0 Å². The molecule has 0 unspecified atom stereocenters. The van der Waals surface area contributed by atoms with Gasteiger partial charge >= 0.3 is 0 Å². The van der Waals surface area contributed by atoms with Crippen LogP contribution in [0.3, 0.4) is 0 Å². The van der Waals surface area contributed by atoms with E-state index in [0.29, 0.717) is 12.3 Å². The Morgan fingerprint density at radius 3 is 2.35 bits per heavy atom. The minimum atomic E-state index is -0.386. The maximum Gasteiger partial charge on any atom is 0.263 e. The topological polar surface area (TPSA) is 29.5 Å². The summed E-state index contributed by atoms with van der Waals surface area (Å²) in [6.45, 7) is 5.74. The highest BCUT2D eigenvalue weighted by molar-refractivity contribution is 5.81. The molecule has 0 radical (unpaired) electrons. The third-order valence-electron chi connectivity index (χ3n) is 5.24. The van der Waals surface area contributed by atoms with E-state index in [4.69, 9.17) is 4.74 Å². The summed E-state index contributed by atoms with van der Waals surface area (Å²) in [4.78, 5) is 14.9. The average Bonchev–Trinajstić information content (AvgIpc) is 2.68. The Hall–Kier alpha value is -2.29. The molecule has 138 valence electrons. The first-order valence-electron chi connectivity index (χ1n) is 9.71. The molecule has 26 heavy (non-hydrogen) atoms. The first-order chi connectivity index (χ1) is 12.7. The molecule has 1 heterocycles. The maximum absolute atomic E-state index is 12.9. The van der Waals surface area contributed by atoms with Gasteiger partial charge in [-0.05, 0) is 56.2 Å². The van der Waals surface area contributed by atoms with Crippen LogP contribution in [0.4, 0.5) is 0 Å². The lowest BCUT2D eigenvalue weighted by Crippen LogP contribution is -2.45. The monoisotopic (exact) mass is 351 g/mol. The van der Waals surface area contributed by atoms with Crippen LogP contribution in [0, 0.1) is 12.8 Å². The molecule has 1 atom stereocenters. The van der Waals surface area contributed by atoms with E-state index >= 15 is 0 Å². The van der Waals surface area contributed by atoms with Gasteiger partial charge in [0.2, 0.25) is 0 Å². The van der Waals surface area contributed by atoms with Crippen molar-refractivity contribution < 1.29 is 9.53 Å². The first kappa shape index (κ1) is 18.5. The first-order valence-corrected chi connectivity index (χ1v) is 9.71. The van der Waals surface area contributed by atoms with Gasteiger partial charge in [-0.25, -0.2) is 0 Å². The number of ether oxygens (including phenoxy) is 1. The molecular formula is C23H29NO2. The van der Waals surface area contributed by atoms with Crippen molar-refractivity contribution in [2.24, 2.45) is 5.92 Å². The van der Waals surface area contributed by atoms with E-state index in [1.807, 2.05) is 43.0 Å². The Kier molecular flexibility index (Phi) is 6.32. The number of likely N-dealkylation sites (tertiary alicyclic amines) is 1. The fraction of sp³-hybridized carbons (Fsp3) is 0.435. The molecule has 3 rings (SSSR count). The van der Waals surface area contributed by atoms with Gasteiger partial charge in [0.1, 0.15) is 5.75 Å². The van der Waals surface area contributed by atoms with Crippen LogP contribution in [-0.4, -0.2) is 30.0 Å². The largest absolute Gasteiger partial charge is 0.481 e. The summed E-state index contributed by atoms with van der Waals surface area (Å²) in [5.41, 5.74) is 2.59. The van der Waals surface area contributed by atoms with Gasteiger partial charge in [0.25, 0.3) is 5.91 Å². The number of piperidine rings is 1. The molecular weight excluding hydrogens is 322 g/mol. The van der Waals surface area contributed by atoms with E-state index in [9.17, 15) is 4.79 Å². The summed E-state index contributed by atoms with van der Waals surface area (Å²) in [6.07, 6.45) is 3.56. The molecule has 2 aromatic rings. The highest BCUT2D eigenvalue weighted by atomic mass is 16.5. The van der Waals surface area contributed by atoms with E-state index in [-0.39, 0.29) is 12.0 Å². The second-order valence-electron chi connectivity index (χ2n) is 7.29. The number of carbonyl (C=O) groups excluding carboxylic acids is 1. The van der Waals surface area contributed by atoms with Gasteiger partial charge in [-0.1, -0.05) is 55.0 Å². The number of carbonyl (C=O) groups is 1. The molecule has 0 aliphatic carbocycles. The van der Waals surface area contributed by atoms with Crippen LogP contribution >= 0.6 is 0 Å². The predicted octanol–water partition coefficient (Wildman–Crippen LogP) is 4.63. The van der Waals surface area contributed by atoms with Crippen LogP contribution in [0.5, 0.6) is 5.75 Å². The lowest BCUT2D eigenvalue weighted by atomic mass is 9.90. The Morgan fingerprint density at radius 1 is 1.08 bits per heavy atom. The highest BCUT2D eigenvalue weighted by Crippen LogP contribution is 2.23. The standard InChI is InChI=1S/C23H29NO2/c1-3-22(26-21-11-9-18(2)10-12-21)23(25)24-15-13-20(14-16-24)17-19-7-5-4-6-8-19/h4-12,20,22H,3,13-17H2,1-2H3/t22-/m0/s1. The predicted molar refractivity (Wildman–Crippen MR) is 105 cm³/mol. The summed E-state index contributed by atoms with van der Waals surface area (Å²) in [7, 11) is 0. The van der Waals surface area contributed by atoms with Gasteiger partial charge in [-0.3, -0.25) is 4.79 Å². The normalized spacial score (nSPS) is 16.3. The van der Waals surface area contributed by atoms with Gasteiger partial charge < -0.3 is 9.64 Å². The highest BCUT2D eigenvalue weighted by Gasteiger charge is 2.28. The molecule has 0 N–H and O–H groups in total. The molecule has 2 aromatic carbocycles. The summed E-state index contributed by atoms with van der Waals surface area (Å²) < 4.78 is 5.96. The maximum atomic E-state index is 12.9. The zero-order chi connectivity index (χ0) is 18.4. The molecule has 1 fully saturated rings. The molecule has 0 saturated carbocycles. The number of rotatable bonds is 6. The smallest absolute Gasteiger partial charge is 0.263 e. The van der Waals surface area contributed by atoms with Gasteiger partial charge in [-0.2, -0.15) is 0 Å². The number of amides is 1. The Bertz CT molecular complexity index is 688. The van der Waals surface area contributed by atoms with Crippen LogP contribution in [0.25, 0.3) is 0 Å². The summed E-state index contributed by atoms with van der Waals surface area (Å²) in [6, 6.07) is 18.6. The Morgan fingerprint density at radius 2 is 1.73 bits per heavy atom. The number of nitrogens with zero attached hydrogens (tertiary/aromatic N) is 1. The molecule has 1 saturated heterocycles. The summed E-state index contributed by atoms with van der Waals surface area (Å²) in [5.74, 6) is 1.57. The zero-order valence-corrected chi connectivity index (χ0v) is 15.9. The minimum Gasteiger partial charge on any atom is -0.481 e. The van der Waals surface area contributed by atoms with Crippen LogP contribution in [0.2, 0.25) is 0 Å². The van der Waals surface area contributed by atoms with Crippen molar-refractivity contribution in [1.29, 1.82) is 0 Å². The van der Waals surface area contributed by atoms with E-state index < -0.39 is 0 Å². The average molecular weight is 351 g/mol. The number of benzene rings is 2. The quantitative estimate of drug-likeness (QED) is 0.759. The molecule has 1 amide bonds.